The van der Waals surface area contributed by atoms with Crippen molar-refractivity contribution in [1.82, 2.24) is 5.43 Å². The second-order valence-corrected chi connectivity index (χ2v) is 5.70. The zero-order valence-electron chi connectivity index (χ0n) is 14.8. The fraction of sp³-hybridized carbons (Fsp3) is 0.136. The molecule has 0 spiro atoms. The highest BCUT2D eigenvalue weighted by Gasteiger charge is 2.07. The first-order valence-corrected chi connectivity index (χ1v) is 8.46. The number of ether oxygens (including phenoxy) is 2. The van der Waals surface area contributed by atoms with E-state index < -0.39 is 0 Å². The van der Waals surface area contributed by atoms with E-state index in [4.69, 9.17) is 9.47 Å². The fourth-order valence-electron chi connectivity index (χ4n) is 2.77. The molecule has 0 radical (unpaired) electrons. The summed E-state index contributed by atoms with van der Waals surface area (Å²) < 4.78 is 11.1. The molecule has 4 nitrogen and oxygen atoms in total. The summed E-state index contributed by atoms with van der Waals surface area (Å²) in [6.07, 6.45) is 3.53. The number of fused-ring (bicyclic) bond motifs is 1. The SMILES string of the molecule is C=CCOc1ccc2ccccc2c1/C=N\NCc1ccccc1OC. The number of rotatable bonds is 8. The summed E-state index contributed by atoms with van der Waals surface area (Å²) in [5.41, 5.74) is 5.08. The number of hydrogen-bond acceptors (Lipinski definition) is 4. The molecule has 26 heavy (non-hydrogen) atoms. The number of nitrogens with one attached hydrogen (secondary N) is 1. The lowest BCUT2D eigenvalue weighted by molar-refractivity contribution is 0.363. The molecule has 1 N–H and O–H groups in total. The predicted molar refractivity (Wildman–Crippen MR) is 107 cm³/mol. The van der Waals surface area contributed by atoms with E-state index in [2.05, 4.69) is 29.2 Å². The van der Waals surface area contributed by atoms with Crippen molar-refractivity contribution < 1.29 is 9.47 Å². The van der Waals surface area contributed by atoms with Crippen LogP contribution in [0.2, 0.25) is 0 Å². The average Bonchev–Trinajstić information content (AvgIpc) is 2.70. The van der Waals surface area contributed by atoms with Crippen molar-refractivity contribution in [1.29, 1.82) is 0 Å². The second-order valence-electron chi connectivity index (χ2n) is 5.70. The molecular formula is C22H22N2O2. The first-order chi connectivity index (χ1) is 12.8. The van der Waals surface area contributed by atoms with Gasteiger partial charge in [0.15, 0.2) is 0 Å². The van der Waals surface area contributed by atoms with Gasteiger partial charge in [-0.3, -0.25) is 0 Å². The molecule has 0 heterocycles. The molecule has 0 atom stereocenters. The van der Waals surface area contributed by atoms with Gasteiger partial charge in [-0.05, 0) is 22.9 Å². The molecule has 0 bridgehead atoms. The Hall–Kier alpha value is -3.27. The summed E-state index contributed by atoms with van der Waals surface area (Å²) in [5, 5.41) is 6.63. The summed E-state index contributed by atoms with van der Waals surface area (Å²) in [6.45, 7) is 4.74. The molecule has 4 heteroatoms. The standard InChI is InChI=1S/C22H22N2O2/c1-3-14-26-22-13-12-17-8-4-6-10-19(17)20(22)16-24-23-15-18-9-5-7-11-21(18)25-2/h3-13,16,23H,1,14-15H2,2H3/b24-16-. The molecule has 0 aliphatic heterocycles. The van der Waals surface area contributed by atoms with Crippen molar-refractivity contribution in [2.24, 2.45) is 5.10 Å². The van der Waals surface area contributed by atoms with Crippen molar-refractivity contribution in [3.05, 3.63) is 84.4 Å². The van der Waals surface area contributed by atoms with E-state index in [1.165, 1.54) is 0 Å². The highest BCUT2D eigenvalue weighted by atomic mass is 16.5. The third-order valence-corrected chi connectivity index (χ3v) is 4.03. The molecule has 0 amide bonds. The molecule has 3 rings (SSSR count). The smallest absolute Gasteiger partial charge is 0.129 e. The Bertz CT molecular complexity index is 919. The van der Waals surface area contributed by atoms with Crippen molar-refractivity contribution >= 4 is 17.0 Å². The minimum atomic E-state index is 0.452. The topological polar surface area (TPSA) is 42.8 Å². The van der Waals surface area contributed by atoms with Crippen LogP contribution in [-0.2, 0) is 6.54 Å². The van der Waals surface area contributed by atoms with Gasteiger partial charge in [0, 0.05) is 11.1 Å². The number of nitrogens with zero attached hydrogens (tertiary/aromatic N) is 1. The molecule has 0 saturated heterocycles. The Balaban J connectivity index is 1.82. The monoisotopic (exact) mass is 346 g/mol. The number of hydrazone groups is 1. The van der Waals surface area contributed by atoms with Gasteiger partial charge in [-0.1, -0.05) is 61.2 Å². The molecule has 0 saturated carbocycles. The van der Waals surface area contributed by atoms with Gasteiger partial charge in [-0.15, -0.1) is 0 Å². The Labute approximate surface area is 153 Å². The van der Waals surface area contributed by atoms with Gasteiger partial charge >= 0.3 is 0 Å². The van der Waals surface area contributed by atoms with Crippen molar-refractivity contribution in [2.75, 3.05) is 13.7 Å². The zero-order valence-corrected chi connectivity index (χ0v) is 14.8. The van der Waals surface area contributed by atoms with Crippen molar-refractivity contribution in [3.8, 4) is 11.5 Å². The Morgan fingerprint density at radius 3 is 2.65 bits per heavy atom. The van der Waals surface area contributed by atoms with Crippen LogP contribution in [0.25, 0.3) is 10.8 Å². The number of methoxy groups -OCH3 is 1. The summed E-state index contributed by atoms with van der Waals surface area (Å²) in [4.78, 5) is 0. The van der Waals surface area contributed by atoms with E-state index in [-0.39, 0.29) is 0 Å². The average molecular weight is 346 g/mol. The Morgan fingerprint density at radius 2 is 1.81 bits per heavy atom. The van der Waals surface area contributed by atoms with E-state index in [1.807, 2.05) is 48.5 Å². The Morgan fingerprint density at radius 1 is 1.00 bits per heavy atom. The number of hydrogen-bond donors (Lipinski definition) is 1. The van der Waals surface area contributed by atoms with Crippen LogP contribution in [-0.4, -0.2) is 19.9 Å². The lowest BCUT2D eigenvalue weighted by Crippen LogP contribution is -2.07. The van der Waals surface area contributed by atoms with Crippen LogP contribution in [0.4, 0.5) is 0 Å². The predicted octanol–water partition coefficient (Wildman–Crippen LogP) is 4.54. The lowest BCUT2D eigenvalue weighted by atomic mass is 10.0. The maximum atomic E-state index is 5.79. The van der Waals surface area contributed by atoms with Crippen LogP contribution in [0, 0.1) is 0 Å². The van der Waals surface area contributed by atoms with Crippen LogP contribution >= 0.6 is 0 Å². The summed E-state index contributed by atoms with van der Waals surface area (Å²) in [7, 11) is 1.67. The summed E-state index contributed by atoms with van der Waals surface area (Å²) >= 11 is 0. The minimum absolute atomic E-state index is 0.452. The molecule has 0 aromatic heterocycles. The van der Waals surface area contributed by atoms with Gasteiger partial charge in [0.2, 0.25) is 0 Å². The molecule has 132 valence electrons. The molecular weight excluding hydrogens is 324 g/mol. The highest BCUT2D eigenvalue weighted by molar-refractivity contribution is 6.02. The van der Waals surface area contributed by atoms with Gasteiger partial charge in [0.25, 0.3) is 0 Å². The normalized spacial score (nSPS) is 10.8. The molecule has 0 aliphatic rings. The highest BCUT2D eigenvalue weighted by Crippen LogP contribution is 2.26. The van der Waals surface area contributed by atoms with Gasteiger partial charge in [0.05, 0.1) is 19.9 Å². The van der Waals surface area contributed by atoms with Gasteiger partial charge in [-0.25, -0.2) is 0 Å². The van der Waals surface area contributed by atoms with Crippen LogP contribution in [0.15, 0.2) is 78.4 Å². The van der Waals surface area contributed by atoms with Crippen molar-refractivity contribution in [2.45, 2.75) is 6.54 Å². The van der Waals surface area contributed by atoms with E-state index in [1.54, 1.807) is 19.4 Å². The summed E-state index contributed by atoms with van der Waals surface area (Å²) in [5.74, 6) is 1.63. The molecule has 3 aromatic carbocycles. The molecule has 3 aromatic rings. The third-order valence-electron chi connectivity index (χ3n) is 4.03. The minimum Gasteiger partial charge on any atom is -0.496 e. The molecule has 0 aliphatic carbocycles. The molecule has 0 unspecified atom stereocenters. The first kappa shape index (κ1) is 17.5. The first-order valence-electron chi connectivity index (χ1n) is 8.46. The van der Waals surface area contributed by atoms with Gasteiger partial charge in [-0.2, -0.15) is 5.10 Å². The fourth-order valence-corrected chi connectivity index (χ4v) is 2.77. The van der Waals surface area contributed by atoms with Crippen LogP contribution in [0.5, 0.6) is 11.5 Å². The second kappa shape index (κ2) is 8.72. The number of benzene rings is 3. The van der Waals surface area contributed by atoms with E-state index in [0.29, 0.717) is 13.2 Å². The largest absolute Gasteiger partial charge is 0.496 e. The van der Waals surface area contributed by atoms with E-state index >= 15 is 0 Å². The maximum absolute atomic E-state index is 5.79. The maximum Gasteiger partial charge on any atom is 0.129 e. The Kier molecular flexibility index (Phi) is 5.88. The van der Waals surface area contributed by atoms with Gasteiger partial charge < -0.3 is 14.9 Å². The van der Waals surface area contributed by atoms with E-state index in [9.17, 15) is 0 Å². The quantitative estimate of drug-likeness (QED) is 0.370. The lowest BCUT2D eigenvalue weighted by Gasteiger charge is -2.11. The van der Waals surface area contributed by atoms with Crippen LogP contribution in [0.3, 0.4) is 0 Å². The third kappa shape index (κ3) is 4.03. The zero-order chi connectivity index (χ0) is 18.2. The van der Waals surface area contributed by atoms with E-state index in [0.717, 1.165) is 33.4 Å². The van der Waals surface area contributed by atoms with Crippen molar-refractivity contribution in [3.63, 3.8) is 0 Å². The number of para-hydroxylation sites is 1. The van der Waals surface area contributed by atoms with Crippen LogP contribution in [0.1, 0.15) is 11.1 Å². The molecule has 0 fully saturated rings. The van der Waals surface area contributed by atoms with Gasteiger partial charge in [0.1, 0.15) is 18.1 Å². The van der Waals surface area contributed by atoms with Crippen LogP contribution < -0.4 is 14.9 Å². The summed E-state index contributed by atoms with van der Waals surface area (Å²) in [6, 6.07) is 20.1.